The average Bonchev–Trinajstić information content (AvgIpc) is 3.42. The zero-order chi connectivity index (χ0) is 33.3. The smallest absolute Gasteiger partial charge is 0.306 e. The highest BCUT2D eigenvalue weighted by atomic mass is 19.1. The van der Waals surface area contributed by atoms with Crippen LogP contribution in [0.4, 0.5) is 8.78 Å². The van der Waals surface area contributed by atoms with Crippen LogP contribution in [0.5, 0.6) is 11.5 Å². The van der Waals surface area contributed by atoms with E-state index >= 15 is 0 Å². The van der Waals surface area contributed by atoms with Gasteiger partial charge in [-0.15, -0.1) is 0 Å². The molecule has 4 rings (SSSR count). The summed E-state index contributed by atoms with van der Waals surface area (Å²) in [6, 6.07) is 16.9. The molecule has 0 spiro atoms. The first-order valence-electron chi connectivity index (χ1n) is 14.9. The Balaban J connectivity index is 1.71. The number of nitrogens with one attached hydrogen (secondary N) is 2. The number of hydrogen-bond acceptors (Lipinski definition) is 9. The minimum atomic E-state index is -1.71. The van der Waals surface area contributed by atoms with Gasteiger partial charge < -0.3 is 24.1 Å². The first-order valence-corrected chi connectivity index (χ1v) is 14.9. The van der Waals surface area contributed by atoms with Gasteiger partial charge in [-0.3, -0.25) is 15.0 Å². The lowest BCUT2D eigenvalue weighted by atomic mass is 9.83. The van der Waals surface area contributed by atoms with Crippen molar-refractivity contribution in [2.75, 3.05) is 20.3 Å². The van der Waals surface area contributed by atoms with Gasteiger partial charge in [-0.25, -0.2) is 19.2 Å². The first-order chi connectivity index (χ1) is 21.9. The van der Waals surface area contributed by atoms with E-state index in [9.17, 15) is 18.4 Å². The molecule has 0 bridgehead atoms. The summed E-state index contributed by atoms with van der Waals surface area (Å²) < 4.78 is 51.0. The number of halogens is 2. The number of carbonyl (C=O) groups is 2. The number of methoxy groups -OCH3 is 1. The van der Waals surface area contributed by atoms with E-state index in [0.717, 1.165) is 18.2 Å². The zero-order valence-electron chi connectivity index (χ0n) is 26.3. The highest BCUT2D eigenvalue weighted by molar-refractivity contribution is 6.01. The SMILES string of the molecule is COc1cccc([C@@H]2OC(c3ccc(OCCCO)cc3)=N[C@]2(CCC(=O)OC(C)(C)C)C(=O)NNCc2cc(F)ccc2F)c1. The molecule has 1 aliphatic heterocycles. The monoisotopic (exact) mass is 639 g/mol. The summed E-state index contributed by atoms with van der Waals surface area (Å²) in [6.07, 6.45) is -0.832. The number of aliphatic imine (C=N–C) groups is 1. The van der Waals surface area contributed by atoms with Crippen LogP contribution in [0.15, 0.2) is 71.7 Å². The number of aliphatic hydroxyl groups is 1. The third-order valence-corrected chi connectivity index (χ3v) is 7.05. The van der Waals surface area contributed by atoms with E-state index in [1.807, 2.05) is 0 Å². The predicted octanol–water partition coefficient (Wildman–Crippen LogP) is 4.93. The van der Waals surface area contributed by atoms with E-state index in [1.54, 1.807) is 69.3 Å². The number of carbonyl (C=O) groups excluding carboxylic acids is 2. The number of benzene rings is 3. The Labute approximate surface area is 266 Å². The van der Waals surface area contributed by atoms with Crippen molar-refractivity contribution in [1.82, 2.24) is 10.9 Å². The van der Waals surface area contributed by atoms with Gasteiger partial charge in [0.05, 0.1) is 13.7 Å². The van der Waals surface area contributed by atoms with Crippen molar-refractivity contribution in [2.24, 2.45) is 4.99 Å². The lowest BCUT2D eigenvalue weighted by Crippen LogP contribution is -2.52. The maximum atomic E-state index is 14.3. The van der Waals surface area contributed by atoms with Crippen LogP contribution in [0.2, 0.25) is 0 Å². The molecule has 0 saturated carbocycles. The molecule has 246 valence electrons. The van der Waals surface area contributed by atoms with Crippen LogP contribution in [0.25, 0.3) is 0 Å². The Morgan fingerprint density at radius 2 is 1.80 bits per heavy atom. The van der Waals surface area contributed by atoms with Gasteiger partial charge in [0.25, 0.3) is 5.91 Å². The molecule has 0 unspecified atom stereocenters. The fourth-order valence-electron chi connectivity index (χ4n) is 4.87. The van der Waals surface area contributed by atoms with E-state index < -0.39 is 40.8 Å². The molecule has 10 nitrogen and oxygen atoms in total. The van der Waals surface area contributed by atoms with Crippen LogP contribution in [-0.4, -0.2) is 54.3 Å². The normalized spacial score (nSPS) is 17.5. The Bertz CT molecular complexity index is 1540. The van der Waals surface area contributed by atoms with E-state index in [0.29, 0.717) is 35.7 Å². The topological polar surface area (TPSA) is 128 Å². The molecule has 0 fully saturated rings. The highest BCUT2D eigenvalue weighted by Gasteiger charge is 2.53. The minimum absolute atomic E-state index is 0.000565. The van der Waals surface area contributed by atoms with Gasteiger partial charge >= 0.3 is 5.97 Å². The predicted molar refractivity (Wildman–Crippen MR) is 166 cm³/mol. The van der Waals surface area contributed by atoms with Gasteiger partial charge in [0.2, 0.25) is 5.90 Å². The van der Waals surface area contributed by atoms with Crippen LogP contribution in [-0.2, 0) is 25.6 Å². The lowest BCUT2D eigenvalue weighted by molar-refractivity contribution is -0.155. The van der Waals surface area contributed by atoms with E-state index in [4.69, 9.17) is 29.0 Å². The summed E-state index contributed by atoms with van der Waals surface area (Å²) in [6.45, 7) is 5.35. The Hall–Kier alpha value is -4.55. The molecule has 1 heterocycles. The molecule has 0 saturated heterocycles. The molecule has 12 heteroatoms. The second kappa shape index (κ2) is 15.2. The highest BCUT2D eigenvalue weighted by Crippen LogP contribution is 2.44. The molecule has 2 atom stereocenters. The Kier molecular flexibility index (Phi) is 11.3. The molecular weight excluding hydrogens is 600 g/mol. The summed E-state index contributed by atoms with van der Waals surface area (Å²) in [5.74, 6) is -1.25. The second-order valence-electron chi connectivity index (χ2n) is 11.7. The summed E-state index contributed by atoms with van der Waals surface area (Å²) in [4.78, 5) is 31.9. The molecule has 3 aromatic carbocycles. The summed E-state index contributed by atoms with van der Waals surface area (Å²) in [7, 11) is 1.51. The molecule has 0 radical (unpaired) electrons. The van der Waals surface area contributed by atoms with Crippen LogP contribution in [0, 0.1) is 11.6 Å². The molecule has 3 aromatic rings. The first kappa shape index (κ1) is 34.3. The number of hydrogen-bond donors (Lipinski definition) is 3. The molecular formula is C34H39F2N3O7. The quantitative estimate of drug-likeness (QED) is 0.129. The third-order valence-electron chi connectivity index (χ3n) is 7.05. The Morgan fingerprint density at radius 3 is 2.50 bits per heavy atom. The van der Waals surface area contributed by atoms with Gasteiger partial charge in [0.1, 0.15) is 28.7 Å². The van der Waals surface area contributed by atoms with Crippen LogP contribution >= 0.6 is 0 Å². The van der Waals surface area contributed by atoms with E-state index in [-0.39, 0.29) is 37.5 Å². The number of esters is 1. The summed E-state index contributed by atoms with van der Waals surface area (Å²) in [5.41, 5.74) is 3.89. The maximum absolute atomic E-state index is 14.3. The molecule has 46 heavy (non-hydrogen) atoms. The largest absolute Gasteiger partial charge is 0.497 e. The van der Waals surface area contributed by atoms with Crippen molar-refractivity contribution in [2.45, 2.75) is 63.8 Å². The fraction of sp³-hybridized carbons (Fsp3) is 0.382. The Morgan fingerprint density at radius 1 is 1.04 bits per heavy atom. The number of nitrogens with zero attached hydrogens (tertiary/aromatic N) is 1. The van der Waals surface area contributed by atoms with Crippen molar-refractivity contribution in [1.29, 1.82) is 0 Å². The van der Waals surface area contributed by atoms with Gasteiger partial charge in [0, 0.05) is 37.1 Å². The van der Waals surface area contributed by atoms with Crippen molar-refractivity contribution in [3.8, 4) is 11.5 Å². The van der Waals surface area contributed by atoms with Gasteiger partial charge in [-0.1, -0.05) is 12.1 Å². The number of aliphatic hydroxyl groups excluding tert-OH is 1. The standard InChI is InChI=1S/C34H39F2N3O7/c1-33(2,3)46-29(41)15-16-34(32(42)39-37-21-24-19-25(35)11-14-28(24)36)30(23-7-5-8-27(20-23)43-4)45-31(38-34)22-9-12-26(13-10-22)44-18-6-17-40/h5,7-14,19-20,30,37,40H,6,15-18,21H2,1-4H3,(H,39,42)/t30-,34-/m0/s1. The second-order valence-corrected chi connectivity index (χ2v) is 11.7. The molecule has 1 amide bonds. The van der Waals surface area contributed by atoms with Crippen LogP contribution in [0.3, 0.4) is 0 Å². The van der Waals surface area contributed by atoms with Crippen molar-refractivity contribution in [3.63, 3.8) is 0 Å². The van der Waals surface area contributed by atoms with Crippen molar-refractivity contribution in [3.05, 3.63) is 95.1 Å². The molecule has 0 aromatic heterocycles. The number of amides is 1. The van der Waals surface area contributed by atoms with Gasteiger partial charge in [-0.2, -0.15) is 0 Å². The molecule has 3 N–H and O–H groups in total. The average molecular weight is 640 g/mol. The number of ether oxygens (including phenoxy) is 4. The zero-order valence-corrected chi connectivity index (χ0v) is 26.3. The van der Waals surface area contributed by atoms with Crippen LogP contribution in [0.1, 0.15) is 62.8 Å². The van der Waals surface area contributed by atoms with Crippen molar-refractivity contribution >= 4 is 17.8 Å². The van der Waals surface area contributed by atoms with E-state index in [1.165, 1.54) is 7.11 Å². The summed E-state index contributed by atoms with van der Waals surface area (Å²) in [5, 5.41) is 9.03. The van der Waals surface area contributed by atoms with Gasteiger partial charge in [-0.05, 0) is 87.4 Å². The van der Waals surface area contributed by atoms with Gasteiger partial charge in [0.15, 0.2) is 11.6 Å². The maximum Gasteiger partial charge on any atom is 0.306 e. The minimum Gasteiger partial charge on any atom is -0.497 e. The van der Waals surface area contributed by atoms with Crippen molar-refractivity contribution < 1.29 is 42.4 Å². The molecule has 0 aliphatic carbocycles. The third kappa shape index (κ3) is 8.79. The number of hydrazine groups is 1. The van der Waals surface area contributed by atoms with Crippen LogP contribution < -0.4 is 20.3 Å². The summed E-state index contributed by atoms with van der Waals surface area (Å²) >= 11 is 0. The number of rotatable bonds is 14. The molecule has 1 aliphatic rings. The van der Waals surface area contributed by atoms with E-state index in [2.05, 4.69) is 10.9 Å². The fourth-order valence-corrected chi connectivity index (χ4v) is 4.87. The lowest BCUT2D eigenvalue weighted by Gasteiger charge is -2.31.